The van der Waals surface area contributed by atoms with Crippen LogP contribution in [-0.4, -0.2) is 17.1 Å². The highest BCUT2D eigenvalue weighted by Gasteiger charge is 2.26. The van der Waals surface area contributed by atoms with Gasteiger partial charge in [-0.15, -0.1) is 0 Å². The van der Waals surface area contributed by atoms with Crippen LogP contribution in [0.2, 0.25) is 5.02 Å². The molecule has 0 aromatic heterocycles. The molecule has 2 rings (SSSR count). The third-order valence-corrected chi connectivity index (χ3v) is 4.22. The summed E-state index contributed by atoms with van der Waals surface area (Å²) < 4.78 is 5.68. The van der Waals surface area contributed by atoms with Gasteiger partial charge in [0.25, 0.3) is 5.69 Å². The van der Waals surface area contributed by atoms with Gasteiger partial charge in [-0.3, -0.25) is 10.1 Å². The van der Waals surface area contributed by atoms with Crippen molar-refractivity contribution in [3.63, 3.8) is 0 Å². The normalized spacial score (nSPS) is 18.2. The van der Waals surface area contributed by atoms with Crippen LogP contribution < -0.4 is 5.73 Å². The highest BCUT2D eigenvalue weighted by atomic mass is 35.5. The van der Waals surface area contributed by atoms with Crippen molar-refractivity contribution in [1.82, 2.24) is 0 Å². The SMILES string of the molecule is NC1(COCc2cc(Cl)ccc2[N+](=O)[O-])CCCCCC1. The van der Waals surface area contributed by atoms with E-state index >= 15 is 0 Å². The number of nitro groups is 1. The molecule has 6 heteroatoms. The van der Waals surface area contributed by atoms with E-state index in [0.717, 1.165) is 25.7 Å². The van der Waals surface area contributed by atoms with Crippen LogP contribution in [0.25, 0.3) is 0 Å². The second-order valence-corrected chi connectivity index (χ2v) is 6.24. The molecule has 0 radical (unpaired) electrons. The van der Waals surface area contributed by atoms with Gasteiger partial charge in [0.1, 0.15) is 0 Å². The molecule has 116 valence electrons. The average Bonchev–Trinajstić information content (AvgIpc) is 2.63. The molecule has 1 saturated carbocycles. The molecule has 0 heterocycles. The molecule has 21 heavy (non-hydrogen) atoms. The number of nitro benzene ring substituents is 1. The molecule has 1 aromatic carbocycles. The third-order valence-electron chi connectivity index (χ3n) is 3.98. The first kappa shape index (κ1) is 16.2. The number of hydrogen-bond donors (Lipinski definition) is 1. The third kappa shape index (κ3) is 4.66. The van der Waals surface area contributed by atoms with Crippen molar-refractivity contribution in [3.05, 3.63) is 38.9 Å². The predicted octanol–water partition coefficient (Wildman–Crippen LogP) is 3.82. The minimum Gasteiger partial charge on any atom is -0.375 e. The topological polar surface area (TPSA) is 78.4 Å². The lowest BCUT2D eigenvalue weighted by Gasteiger charge is -2.27. The Kier molecular flexibility index (Phi) is 5.56. The van der Waals surface area contributed by atoms with Gasteiger partial charge in [-0.05, 0) is 25.0 Å². The Morgan fingerprint density at radius 3 is 2.57 bits per heavy atom. The number of benzene rings is 1. The van der Waals surface area contributed by atoms with Crippen LogP contribution in [0, 0.1) is 10.1 Å². The molecule has 1 aliphatic rings. The van der Waals surface area contributed by atoms with Crippen LogP contribution in [0.4, 0.5) is 5.69 Å². The molecule has 1 fully saturated rings. The van der Waals surface area contributed by atoms with Crippen molar-refractivity contribution in [3.8, 4) is 0 Å². The molecule has 0 aliphatic heterocycles. The fraction of sp³-hybridized carbons (Fsp3) is 0.600. The zero-order valence-corrected chi connectivity index (χ0v) is 12.8. The second kappa shape index (κ2) is 7.20. The molecule has 0 saturated heterocycles. The van der Waals surface area contributed by atoms with Gasteiger partial charge in [-0.1, -0.05) is 37.3 Å². The van der Waals surface area contributed by atoms with Gasteiger partial charge in [-0.2, -0.15) is 0 Å². The van der Waals surface area contributed by atoms with Crippen molar-refractivity contribution >= 4 is 17.3 Å². The Bertz CT molecular complexity index is 500. The lowest BCUT2D eigenvalue weighted by molar-refractivity contribution is -0.386. The highest BCUT2D eigenvalue weighted by Crippen LogP contribution is 2.27. The van der Waals surface area contributed by atoms with Gasteiger partial charge >= 0.3 is 0 Å². The van der Waals surface area contributed by atoms with Crippen LogP contribution in [0.5, 0.6) is 0 Å². The van der Waals surface area contributed by atoms with Gasteiger partial charge in [0.2, 0.25) is 0 Å². The summed E-state index contributed by atoms with van der Waals surface area (Å²) in [6.07, 6.45) is 6.58. The van der Waals surface area contributed by atoms with Crippen LogP contribution in [-0.2, 0) is 11.3 Å². The maximum Gasteiger partial charge on any atom is 0.275 e. The van der Waals surface area contributed by atoms with E-state index in [1.165, 1.54) is 25.0 Å². The van der Waals surface area contributed by atoms with Gasteiger partial charge in [0.15, 0.2) is 0 Å². The van der Waals surface area contributed by atoms with E-state index in [-0.39, 0.29) is 17.8 Å². The standard InChI is InChI=1S/C15H21ClN2O3/c16-13-5-6-14(18(19)20)12(9-13)10-21-11-15(17)7-3-1-2-4-8-15/h5-6,9H,1-4,7-8,10-11,17H2. The average molecular weight is 313 g/mol. The monoisotopic (exact) mass is 312 g/mol. The molecule has 0 atom stereocenters. The van der Waals surface area contributed by atoms with Gasteiger partial charge in [-0.25, -0.2) is 0 Å². The molecule has 2 N–H and O–H groups in total. The summed E-state index contributed by atoms with van der Waals surface area (Å²) in [7, 11) is 0. The van der Waals surface area contributed by atoms with Crippen LogP contribution in [0.15, 0.2) is 18.2 Å². The number of rotatable bonds is 5. The zero-order valence-electron chi connectivity index (χ0n) is 12.0. The molecular weight excluding hydrogens is 292 g/mol. The summed E-state index contributed by atoms with van der Waals surface area (Å²) >= 11 is 5.90. The Morgan fingerprint density at radius 2 is 1.95 bits per heavy atom. The molecule has 1 aromatic rings. The Labute approximate surface area is 129 Å². The maximum absolute atomic E-state index is 11.0. The van der Waals surface area contributed by atoms with Crippen molar-refractivity contribution in [1.29, 1.82) is 0 Å². The lowest BCUT2D eigenvalue weighted by Crippen LogP contribution is -2.43. The van der Waals surface area contributed by atoms with E-state index in [0.29, 0.717) is 17.2 Å². The first-order valence-corrected chi connectivity index (χ1v) is 7.67. The van der Waals surface area contributed by atoms with Crippen LogP contribution >= 0.6 is 11.6 Å². The number of nitrogens with two attached hydrogens (primary N) is 1. The molecule has 1 aliphatic carbocycles. The number of nitrogens with zero attached hydrogens (tertiary/aromatic N) is 1. The van der Waals surface area contributed by atoms with Crippen molar-refractivity contribution in [2.75, 3.05) is 6.61 Å². The summed E-state index contributed by atoms with van der Waals surface area (Å²) in [5, 5.41) is 11.5. The predicted molar refractivity (Wildman–Crippen MR) is 82.4 cm³/mol. The summed E-state index contributed by atoms with van der Waals surface area (Å²) in [6.45, 7) is 0.590. The van der Waals surface area contributed by atoms with Gasteiger partial charge in [0.05, 0.1) is 23.7 Å². The fourth-order valence-electron chi connectivity index (χ4n) is 2.79. The minimum absolute atomic E-state index is 0.0336. The summed E-state index contributed by atoms with van der Waals surface area (Å²) in [6, 6.07) is 4.50. The van der Waals surface area contributed by atoms with Crippen LogP contribution in [0.1, 0.15) is 44.1 Å². The van der Waals surface area contributed by atoms with Gasteiger partial charge < -0.3 is 10.5 Å². The molecule has 0 spiro atoms. The van der Waals surface area contributed by atoms with Crippen molar-refractivity contribution in [2.45, 2.75) is 50.7 Å². The van der Waals surface area contributed by atoms with Gasteiger partial charge in [0, 0.05) is 16.6 Å². The van der Waals surface area contributed by atoms with Crippen molar-refractivity contribution in [2.24, 2.45) is 5.73 Å². The van der Waals surface area contributed by atoms with Crippen molar-refractivity contribution < 1.29 is 9.66 Å². The minimum atomic E-state index is -0.418. The first-order chi connectivity index (χ1) is 10.0. The molecule has 0 amide bonds. The summed E-state index contributed by atoms with van der Waals surface area (Å²) in [5.74, 6) is 0. The van der Waals surface area contributed by atoms with E-state index in [1.807, 2.05) is 0 Å². The number of ether oxygens (including phenoxy) is 1. The quantitative estimate of drug-likeness (QED) is 0.509. The first-order valence-electron chi connectivity index (χ1n) is 7.30. The number of halogens is 1. The number of hydrogen-bond acceptors (Lipinski definition) is 4. The maximum atomic E-state index is 11.0. The molecule has 5 nitrogen and oxygen atoms in total. The zero-order chi connectivity index (χ0) is 15.3. The Morgan fingerprint density at radius 1 is 1.29 bits per heavy atom. The fourth-order valence-corrected chi connectivity index (χ4v) is 2.98. The van der Waals surface area contributed by atoms with E-state index in [1.54, 1.807) is 6.07 Å². The highest BCUT2D eigenvalue weighted by molar-refractivity contribution is 6.30. The van der Waals surface area contributed by atoms with E-state index in [9.17, 15) is 10.1 Å². The van der Waals surface area contributed by atoms with E-state index in [2.05, 4.69) is 0 Å². The lowest BCUT2D eigenvalue weighted by atomic mass is 9.92. The van der Waals surface area contributed by atoms with E-state index < -0.39 is 4.92 Å². The largest absolute Gasteiger partial charge is 0.375 e. The van der Waals surface area contributed by atoms with Crippen LogP contribution in [0.3, 0.4) is 0 Å². The Balaban J connectivity index is 1.96. The summed E-state index contributed by atoms with van der Waals surface area (Å²) in [4.78, 5) is 10.6. The van der Waals surface area contributed by atoms with E-state index in [4.69, 9.17) is 22.1 Å². The summed E-state index contributed by atoms with van der Waals surface area (Å²) in [5.41, 5.74) is 6.59. The molecule has 0 unspecified atom stereocenters. The molecular formula is C15H21ClN2O3. The molecule has 0 bridgehead atoms. The smallest absolute Gasteiger partial charge is 0.275 e. The second-order valence-electron chi connectivity index (χ2n) is 5.80. The Hall–Kier alpha value is -1.17.